The normalized spacial score (nSPS) is 16.6. The van der Waals surface area contributed by atoms with E-state index in [-0.39, 0.29) is 24.2 Å². The third-order valence-electron chi connectivity index (χ3n) is 4.31. The first-order valence-corrected chi connectivity index (χ1v) is 8.99. The predicted octanol–water partition coefficient (Wildman–Crippen LogP) is 4.05. The molecule has 1 heterocycles. The van der Waals surface area contributed by atoms with Gasteiger partial charge >= 0.3 is 0 Å². The largest absolute Gasteiger partial charge is 0.350 e. The van der Waals surface area contributed by atoms with E-state index in [9.17, 15) is 14.0 Å². The van der Waals surface area contributed by atoms with E-state index < -0.39 is 6.04 Å². The van der Waals surface area contributed by atoms with Gasteiger partial charge in [0.05, 0.1) is 0 Å². The Bertz CT molecular complexity index is 807. The Kier molecular flexibility index (Phi) is 5.79. The molecule has 1 fully saturated rings. The Hall–Kier alpha value is -2.11. The second-order valence-electron chi connectivity index (χ2n) is 6.16. The van der Waals surface area contributed by atoms with Crippen molar-refractivity contribution in [2.24, 2.45) is 0 Å². The number of amides is 2. The standard InChI is InChI=1S/C19H17Cl2FN2O2/c20-14-8-13(9-15(21)10-14)19(26)24-7-1-2-17(24)18(25)23-11-12-3-5-16(22)6-4-12/h3-6,8-10,17H,1-2,7,11H2,(H,23,25)/t17-/m1/s1. The van der Waals surface area contributed by atoms with Gasteiger partial charge < -0.3 is 10.2 Å². The van der Waals surface area contributed by atoms with Crippen molar-refractivity contribution < 1.29 is 14.0 Å². The van der Waals surface area contributed by atoms with Gasteiger partial charge in [-0.05, 0) is 48.7 Å². The summed E-state index contributed by atoms with van der Waals surface area (Å²) in [5, 5.41) is 3.56. The van der Waals surface area contributed by atoms with Gasteiger partial charge in [-0.1, -0.05) is 35.3 Å². The molecule has 2 aromatic rings. The topological polar surface area (TPSA) is 49.4 Å². The van der Waals surface area contributed by atoms with Crippen molar-refractivity contribution in [1.29, 1.82) is 0 Å². The summed E-state index contributed by atoms with van der Waals surface area (Å²) in [6.07, 6.45) is 1.34. The molecule has 7 heteroatoms. The zero-order chi connectivity index (χ0) is 18.7. The highest BCUT2D eigenvalue weighted by molar-refractivity contribution is 6.35. The minimum atomic E-state index is -0.541. The highest BCUT2D eigenvalue weighted by Gasteiger charge is 2.34. The second-order valence-corrected chi connectivity index (χ2v) is 7.03. The van der Waals surface area contributed by atoms with Crippen molar-refractivity contribution in [3.05, 3.63) is 69.5 Å². The van der Waals surface area contributed by atoms with Crippen LogP contribution in [0.1, 0.15) is 28.8 Å². The molecular weight excluding hydrogens is 378 g/mol. The highest BCUT2D eigenvalue weighted by atomic mass is 35.5. The summed E-state index contributed by atoms with van der Waals surface area (Å²) in [5.41, 5.74) is 1.15. The van der Waals surface area contributed by atoms with Gasteiger partial charge in [0.1, 0.15) is 11.9 Å². The van der Waals surface area contributed by atoms with Crippen molar-refractivity contribution in [3.8, 4) is 0 Å². The zero-order valence-electron chi connectivity index (χ0n) is 13.8. The summed E-state index contributed by atoms with van der Waals surface area (Å²) in [7, 11) is 0. The molecule has 0 aromatic heterocycles. The number of benzene rings is 2. The molecule has 0 spiro atoms. The summed E-state index contributed by atoms with van der Waals surface area (Å²) >= 11 is 11.9. The lowest BCUT2D eigenvalue weighted by Crippen LogP contribution is -2.45. The molecule has 1 aliphatic heterocycles. The van der Waals surface area contributed by atoms with Gasteiger partial charge in [0.25, 0.3) is 5.91 Å². The van der Waals surface area contributed by atoms with Crippen molar-refractivity contribution in [2.75, 3.05) is 6.54 Å². The molecule has 0 radical (unpaired) electrons. The number of nitrogens with one attached hydrogen (secondary N) is 1. The Labute approximate surface area is 160 Å². The predicted molar refractivity (Wildman–Crippen MR) is 98.8 cm³/mol. The van der Waals surface area contributed by atoms with Crippen LogP contribution in [0.3, 0.4) is 0 Å². The Balaban J connectivity index is 1.67. The summed E-state index contributed by atoms with van der Waals surface area (Å²) in [5.74, 6) is -0.824. The number of nitrogens with zero attached hydrogens (tertiary/aromatic N) is 1. The molecule has 0 aliphatic carbocycles. The molecule has 1 aliphatic rings. The lowest BCUT2D eigenvalue weighted by atomic mass is 10.1. The summed E-state index contributed by atoms with van der Waals surface area (Å²) < 4.78 is 12.9. The quantitative estimate of drug-likeness (QED) is 0.849. The van der Waals surface area contributed by atoms with Crippen LogP contribution >= 0.6 is 23.2 Å². The number of carbonyl (C=O) groups excluding carboxylic acids is 2. The number of hydrogen-bond donors (Lipinski definition) is 1. The van der Waals surface area contributed by atoms with Crippen LogP contribution in [0.4, 0.5) is 4.39 Å². The molecule has 1 atom stereocenters. The van der Waals surface area contributed by atoms with E-state index in [0.717, 1.165) is 12.0 Å². The van der Waals surface area contributed by atoms with Crippen LogP contribution in [0.25, 0.3) is 0 Å². The van der Waals surface area contributed by atoms with Crippen molar-refractivity contribution in [3.63, 3.8) is 0 Å². The van der Waals surface area contributed by atoms with Crippen LogP contribution < -0.4 is 5.32 Å². The lowest BCUT2D eigenvalue weighted by molar-refractivity contribution is -0.125. The Morgan fingerprint density at radius 3 is 2.42 bits per heavy atom. The first-order valence-electron chi connectivity index (χ1n) is 8.23. The number of halogens is 3. The molecule has 2 aromatic carbocycles. The highest BCUT2D eigenvalue weighted by Crippen LogP contribution is 2.24. The van der Waals surface area contributed by atoms with Crippen molar-refractivity contribution >= 4 is 35.0 Å². The fourth-order valence-electron chi connectivity index (χ4n) is 3.03. The molecule has 3 rings (SSSR count). The fraction of sp³-hybridized carbons (Fsp3) is 0.263. The smallest absolute Gasteiger partial charge is 0.254 e. The fourth-order valence-corrected chi connectivity index (χ4v) is 3.56. The van der Waals surface area contributed by atoms with E-state index in [1.54, 1.807) is 35.2 Å². The maximum atomic E-state index is 12.9. The van der Waals surface area contributed by atoms with Gasteiger partial charge in [0, 0.05) is 28.7 Å². The average molecular weight is 395 g/mol. The molecule has 4 nitrogen and oxygen atoms in total. The summed E-state index contributed by atoms with van der Waals surface area (Å²) in [4.78, 5) is 26.8. The van der Waals surface area contributed by atoms with Crippen LogP contribution in [0, 0.1) is 5.82 Å². The molecule has 1 saturated heterocycles. The minimum absolute atomic E-state index is 0.228. The van der Waals surface area contributed by atoms with Crippen molar-refractivity contribution in [1.82, 2.24) is 10.2 Å². The Morgan fingerprint density at radius 2 is 1.77 bits per heavy atom. The van der Waals surface area contributed by atoms with Gasteiger partial charge in [-0.3, -0.25) is 9.59 Å². The van der Waals surface area contributed by atoms with Gasteiger partial charge in [-0.2, -0.15) is 0 Å². The van der Waals surface area contributed by atoms with Crippen LogP contribution in [-0.2, 0) is 11.3 Å². The maximum Gasteiger partial charge on any atom is 0.254 e. The van der Waals surface area contributed by atoms with E-state index in [2.05, 4.69) is 5.32 Å². The molecule has 26 heavy (non-hydrogen) atoms. The molecule has 0 unspecified atom stereocenters. The van der Waals surface area contributed by atoms with Crippen LogP contribution in [0.15, 0.2) is 42.5 Å². The van der Waals surface area contributed by atoms with Gasteiger partial charge in [-0.25, -0.2) is 4.39 Å². The number of carbonyl (C=O) groups is 2. The molecular formula is C19H17Cl2FN2O2. The molecule has 0 saturated carbocycles. The minimum Gasteiger partial charge on any atom is -0.350 e. The van der Waals surface area contributed by atoms with E-state index in [4.69, 9.17) is 23.2 Å². The Morgan fingerprint density at radius 1 is 1.12 bits per heavy atom. The van der Waals surface area contributed by atoms with Gasteiger partial charge in [0.15, 0.2) is 0 Å². The third kappa shape index (κ3) is 4.34. The van der Waals surface area contributed by atoms with Crippen molar-refractivity contribution in [2.45, 2.75) is 25.4 Å². The molecule has 136 valence electrons. The average Bonchev–Trinajstić information content (AvgIpc) is 3.09. The summed E-state index contributed by atoms with van der Waals surface area (Å²) in [6, 6.07) is 10.0. The van der Waals surface area contributed by atoms with Crippen LogP contribution in [0.5, 0.6) is 0 Å². The third-order valence-corrected chi connectivity index (χ3v) is 4.74. The number of likely N-dealkylation sites (tertiary alicyclic amines) is 1. The van der Waals surface area contributed by atoms with E-state index in [1.807, 2.05) is 0 Å². The molecule has 0 bridgehead atoms. The first-order chi connectivity index (χ1) is 12.4. The molecule has 1 N–H and O–H groups in total. The van der Waals surface area contributed by atoms with E-state index in [0.29, 0.717) is 28.6 Å². The van der Waals surface area contributed by atoms with E-state index >= 15 is 0 Å². The number of rotatable bonds is 4. The van der Waals surface area contributed by atoms with Crippen LogP contribution in [-0.4, -0.2) is 29.3 Å². The summed E-state index contributed by atoms with van der Waals surface area (Å²) in [6.45, 7) is 0.776. The lowest BCUT2D eigenvalue weighted by Gasteiger charge is -2.24. The van der Waals surface area contributed by atoms with Gasteiger partial charge in [-0.15, -0.1) is 0 Å². The SMILES string of the molecule is O=C(NCc1ccc(F)cc1)[C@H]1CCCN1C(=O)c1cc(Cl)cc(Cl)c1. The second kappa shape index (κ2) is 8.06. The van der Waals surface area contributed by atoms with E-state index in [1.165, 1.54) is 12.1 Å². The zero-order valence-corrected chi connectivity index (χ0v) is 15.4. The van der Waals surface area contributed by atoms with Gasteiger partial charge in [0.2, 0.25) is 5.91 Å². The van der Waals surface area contributed by atoms with Crippen LogP contribution in [0.2, 0.25) is 10.0 Å². The first kappa shape index (κ1) is 18.7. The molecule has 2 amide bonds. The number of hydrogen-bond acceptors (Lipinski definition) is 2. The maximum absolute atomic E-state index is 12.9. The monoisotopic (exact) mass is 394 g/mol.